The summed E-state index contributed by atoms with van der Waals surface area (Å²) in [5.41, 5.74) is 1.56. The van der Waals surface area contributed by atoms with E-state index in [9.17, 15) is 4.79 Å². The molecule has 0 aliphatic carbocycles. The van der Waals surface area contributed by atoms with Crippen LogP contribution in [0.15, 0.2) is 35.3 Å². The monoisotopic (exact) mass is 383 g/mol. The minimum absolute atomic E-state index is 0.184. The normalized spacial score (nSPS) is 15.1. The number of hydrogen-bond acceptors (Lipinski definition) is 7. The summed E-state index contributed by atoms with van der Waals surface area (Å²) in [5, 5.41) is 10.2. The summed E-state index contributed by atoms with van der Waals surface area (Å²) in [6, 6.07) is 8.24. The van der Waals surface area contributed by atoms with Gasteiger partial charge in [0.15, 0.2) is 5.65 Å². The summed E-state index contributed by atoms with van der Waals surface area (Å²) in [7, 11) is 1.69. The SMILES string of the molecule is COc1ccc(N2CCN(CCCNc3nc4[nH]ncc4c(=O)[nH]3)CC2)cc1. The summed E-state index contributed by atoms with van der Waals surface area (Å²) < 4.78 is 5.22. The lowest BCUT2D eigenvalue weighted by molar-refractivity contribution is 0.257. The third kappa shape index (κ3) is 4.09. The van der Waals surface area contributed by atoms with E-state index in [1.54, 1.807) is 7.11 Å². The Morgan fingerprint density at radius 2 is 1.96 bits per heavy atom. The largest absolute Gasteiger partial charge is 0.497 e. The number of hydrogen-bond donors (Lipinski definition) is 3. The number of fused-ring (bicyclic) bond motifs is 1. The smallest absolute Gasteiger partial charge is 0.263 e. The van der Waals surface area contributed by atoms with E-state index in [2.05, 4.69) is 47.4 Å². The number of nitrogens with one attached hydrogen (secondary N) is 3. The average Bonchev–Trinajstić information content (AvgIpc) is 3.21. The molecule has 9 heteroatoms. The molecular formula is C19H25N7O2. The summed E-state index contributed by atoms with van der Waals surface area (Å²) in [6.45, 7) is 5.89. The zero-order chi connectivity index (χ0) is 19.3. The first-order valence-electron chi connectivity index (χ1n) is 9.51. The van der Waals surface area contributed by atoms with Gasteiger partial charge in [0.25, 0.3) is 5.56 Å². The van der Waals surface area contributed by atoms with Gasteiger partial charge in [-0.15, -0.1) is 0 Å². The molecule has 1 aromatic carbocycles. The van der Waals surface area contributed by atoms with Crippen LogP contribution in [0.3, 0.4) is 0 Å². The van der Waals surface area contributed by atoms with Crippen molar-refractivity contribution in [2.75, 3.05) is 56.6 Å². The molecule has 0 atom stereocenters. The molecule has 148 valence electrons. The number of H-pyrrole nitrogens is 2. The Kier molecular flexibility index (Phi) is 5.43. The van der Waals surface area contributed by atoms with Crippen LogP contribution in [0.25, 0.3) is 11.0 Å². The molecule has 1 saturated heterocycles. The van der Waals surface area contributed by atoms with E-state index in [1.807, 2.05) is 12.1 Å². The van der Waals surface area contributed by atoms with Crippen molar-refractivity contribution in [1.82, 2.24) is 25.1 Å². The van der Waals surface area contributed by atoms with Crippen LogP contribution in [0.5, 0.6) is 5.75 Å². The van der Waals surface area contributed by atoms with E-state index in [4.69, 9.17) is 4.74 Å². The molecule has 4 rings (SSSR count). The Balaban J connectivity index is 1.20. The number of piperazine rings is 1. The van der Waals surface area contributed by atoms with Crippen molar-refractivity contribution in [3.8, 4) is 5.75 Å². The van der Waals surface area contributed by atoms with Gasteiger partial charge in [-0.05, 0) is 37.2 Å². The molecule has 1 aliphatic heterocycles. The van der Waals surface area contributed by atoms with E-state index < -0.39 is 0 Å². The van der Waals surface area contributed by atoms with Crippen molar-refractivity contribution < 1.29 is 4.74 Å². The third-order valence-electron chi connectivity index (χ3n) is 5.07. The number of rotatable bonds is 7. The van der Waals surface area contributed by atoms with Crippen LogP contribution in [-0.4, -0.2) is 71.4 Å². The molecule has 1 aliphatic rings. The van der Waals surface area contributed by atoms with Crippen molar-refractivity contribution in [3.63, 3.8) is 0 Å². The van der Waals surface area contributed by atoms with Gasteiger partial charge >= 0.3 is 0 Å². The lowest BCUT2D eigenvalue weighted by atomic mass is 10.2. The fourth-order valence-electron chi connectivity index (χ4n) is 3.46. The number of aromatic nitrogens is 4. The Labute approximate surface area is 162 Å². The maximum absolute atomic E-state index is 11.9. The van der Waals surface area contributed by atoms with Gasteiger partial charge in [-0.1, -0.05) is 0 Å². The van der Waals surface area contributed by atoms with Crippen LogP contribution in [0.2, 0.25) is 0 Å². The van der Waals surface area contributed by atoms with Crippen LogP contribution in [0, 0.1) is 0 Å². The molecule has 3 N–H and O–H groups in total. The predicted octanol–water partition coefficient (Wildman–Crippen LogP) is 1.28. The second-order valence-electron chi connectivity index (χ2n) is 6.85. The van der Waals surface area contributed by atoms with E-state index in [-0.39, 0.29) is 5.56 Å². The van der Waals surface area contributed by atoms with Crippen molar-refractivity contribution in [3.05, 3.63) is 40.8 Å². The highest BCUT2D eigenvalue weighted by atomic mass is 16.5. The van der Waals surface area contributed by atoms with Gasteiger partial charge in [0.05, 0.1) is 13.3 Å². The molecule has 2 aromatic heterocycles. The fourth-order valence-corrected chi connectivity index (χ4v) is 3.46. The number of aromatic amines is 2. The number of benzene rings is 1. The van der Waals surface area contributed by atoms with E-state index >= 15 is 0 Å². The maximum atomic E-state index is 11.9. The molecule has 0 bridgehead atoms. The van der Waals surface area contributed by atoms with Gasteiger partial charge in [-0.3, -0.25) is 19.8 Å². The lowest BCUT2D eigenvalue weighted by Gasteiger charge is -2.36. The quantitative estimate of drug-likeness (QED) is 0.528. The average molecular weight is 383 g/mol. The number of ether oxygens (including phenoxy) is 1. The highest BCUT2D eigenvalue weighted by molar-refractivity contribution is 5.73. The Hall–Kier alpha value is -3.07. The van der Waals surface area contributed by atoms with Crippen LogP contribution >= 0.6 is 0 Å². The zero-order valence-electron chi connectivity index (χ0n) is 15.9. The Bertz CT molecular complexity index is 958. The van der Waals surface area contributed by atoms with Gasteiger partial charge in [-0.2, -0.15) is 10.1 Å². The molecule has 0 saturated carbocycles. The topological polar surface area (TPSA) is 102 Å². The van der Waals surface area contributed by atoms with Crippen molar-refractivity contribution >= 4 is 22.7 Å². The first-order valence-corrected chi connectivity index (χ1v) is 9.51. The molecule has 0 amide bonds. The molecule has 0 spiro atoms. The summed E-state index contributed by atoms with van der Waals surface area (Å²) >= 11 is 0. The second kappa shape index (κ2) is 8.30. The van der Waals surface area contributed by atoms with E-state index in [1.165, 1.54) is 11.9 Å². The van der Waals surface area contributed by atoms with Gasteiger partial charge in [0.2, 0.25) is 5.95 Å². The zero-order valence-corrected chi connectivity index (χ0v) is 15.9. The van der Waals surface area contributed by atoms with Gasteiger partial charge in [0, 0.05) is 38.4 Å². The molecule has 3 heterocycles. The fraction of sp³-hybridized carbons (Fsp3) is 0.421. The second-order valence-corrected chi connectivity index (χ2v) is 6.85. The van der Waals surface area contributed by atoms with Crippen LogP contribution in [-0.2, 0) is 0 Å². The van der Waals surface area contributed by atoms with Crippen molar-refractivity contribution in [1.29, 1.82) is 0 Å². The van der Waals surface area contributed by atoms with Crippen LogP contribution in [0.1, 0.15) is 6.42 Å². The van der Waals surface area contributed by atoms with Crippen LogP contribution in [0.4, 0.5) is 11.6 Å². The molecule has 9 nitrogen and oxygen atoms in total. The number of anilines is 2. The molecule has 28 heavy (non-hydrogen) atoms. The molecular weight excluding hydrogens is 358 g/mol. The minimum Gasteiger partial charge on any atom is -0.497 e. The van der Waals surface area contributed by atoms with Gasteiger partial charge < -0.3 is 15.0 Å². The minimum atomic E-state index is -0.184. The first kappa shape index (κ1) is 18.3. The van der Waals surface area contributed by atoms with Crippen molar-refractivity contribution in [2.45, 2.75) is 6.42 Å². The first-order chi connectivity index (χ1) is 13.7. The predicted molar refractivity (Wildman–Crippen MR) is 109 cm³/mol. The van der Waals surface area contributed by atoms with Gasteiger partial charge in [0.1, 0.15) is 11.1 Å². The highest BCUT2D eigenvalue weighted by Gasteiger charge is 2.16. The van der Waals surface area contributed by atoms with Crippen LogP contribution < -0.4 is 20.5 Å². The van der Waals surface area contributed by atoms with E-state index in [0.717, 1.165) is 51.4 Å². The highest BCUT2D eigenvalue weighted by Crippen LogP contribution is 2.20. The molecule has 0 radical (unpaired) electrons. The maximum Gasteiger partial charge on any atom is 0.263 e. The summed E-state index contributed by atoms with van der Waals surface area (Å²) in [6.07, 6.45) is 2.46. The number of methoxy groups -OCH3 is 1. The molecule has 3 aromatic rings. The summed E-state index contributed by atoms with van der Waals surface area (Å²) in [5.74, 6) is 1.36. The van der Waals surface area contributed by atoms with Gasteiger partial charge in [-0.25, -0.2) is 0 Å². The Morgan fingerprint density at radius 1 is 1.18 bits per heavy atom. The molecule has 0 unspecified atom stereocenters. The summed E-state index contributed by atoms with van der Waals surface area (Å²) in [4.78, 5) is 23.8. The Morgan fingerprint density at radius 3 is 2.71 bits per heavy atom. The number of nitrogens with zero attached hydrogens (tertiary/aromatic N) is 4. The van der Waals surface area contributed by atoms with Crippen molar-refractivity contribution in [2.24, 2.45) is 0 Å². The lowest BCUT2D eigenvalue weighted by Crippen LogP contribution is -2.46. The standard InChI is InChI=1S/C19H25N7O2/c1-28-15-5-3-14(4-6-15)26-11-9-25(10-12-26)8-2-7-20-19-22-17-16(13-21-24-17)18(27)23-19/h3-6,13H,2,7-12H2,1H3,(H3,20,21,22,23,24,27). The third-order valence-corrected chi connectivity index (χ3v) is 5.07. The van der Waals surface area contributed by atoms with E-state index in [0.29, 0.717) is 17.0 Å². The molecule has 1 fully saturated rings.